The minimum Gasteiger partial charge on any atom is -0.393 e. The molecular formula is C46H54F3NO5S. The van der Waals surface area contributed by atoms with Crippen LogP contribution in [0.2, 0.25) is 0 Å². The average molecular weight is 790 g/mol. The highest BCUT2D eigenvalue weighted by atomic mass is 32.1. The van der Waals surface area contributed by atoms with Crippen LogP contribution in [0.5, 0.6) is 0 Å². The third-order valence-electron chi connectivity index (χ3n) is 12.0. The van der Waals surface area contributed by atoms with Crippen LogP contribution in [-0.2, 0) is 30.4 Å². The summed E-state index contributed by atoms with van der Waals surface area (Å²) in [6.45, 7) is 5.84. The molecule has 0 amide bonds. The lowest BCUT2D eigenvalue weighted by Crippen LogP contribution is -2.54. The number of hydrogen-bond acceptors (Lipinski definition) is 7. The molecule has 5 atom stereocenters. The number of benzene rings is 3. The first-order valence-corrected chi connectivity index (χ1v) is 20.6. The van der Waals surface area contributed by atoms with Crippen LogP contribution < -0.4 is 0 Å². The molecule has 3 N–H and O–H groups in total. The third-order valence-corrected chi connectivity index (χ3v) is 12.9. The van der Waals surface area contributed by atoms with Crippen LogP contribution in [0.1, 0.15) is 101 Å². The molecule has 3 aliphatic rings. The number of hydrogen-bond donors (Lipinski definition) is 3. The Morgan fingerprint density at radius 3 is 2.57 bits per heavy atom. The topological polar surface area (TPSA) is 90.2 Å². The minimum atomic E-state index is -4.61. The SMILES string of the molecule is CC1=CCC[C@@]2(C)[C@@H](CC[C@@]2(O)CN(CCc2cccs2)C[C@@H](O)COCc2ccccc2)c2ccc(cc2C(=O)c2cccc(C(F)(F)F)c2)C[C@@H](O)CC1. The molecule has 0 radical (unpaired) electrons. The molecule has 0 saturated heterocycles. The zero-order chi connectivity index (χ0) is 39.9. The molecule has 1 heterocycles. The fourth-order valence-corrected chi connectivity index (χ4v) is 9.45. The van der Waals surface area contributed by atoms with Crippen molar-refractivity contribution in [1.82, 2.24) is 4.90 Å². The van der Waals surface area contributed by atoms with Crippen LogP contribution in [0.15, 0.2) is 102 Å². The number of carbonyl (C=O) groups excluding carboxylic acids is 1. The van der Waals surface area contributed by atoms with Gasteiger partial charge in [0.2, 0.25) is 0 Å². The maximum atomic E-state index is 14.4. The second kappa shape index (κ2) is 18.3. The second-order valence-corrected chi connectivity index (χ2v) is 17.1. The Morgan fingerprint density at radius 1 is 1.02 bits per heavy atom. The van der Waals surface area contributed by atoms with Crippen molar-refractivity contribution < 1.29 is 38.0 Å². The van der Waals surface area contributed by atoms with Crippen molar-refractivity contribution in [2.45, 2.75) is 102 Å². The number of halogens is 3. The summed E-state index contributed by atoms with van der Waals surface area (Å²) in [4.78, 5) is 17.7. The number of allylic oxidation sites excluding steroid dienone is 2. The number of rotatable bonds is 13. The fourth-order valence-electron chi connectivity index (χ4n) is 8.75. The van der Waals surface area contributed by atoms with E-state index < -0.39 is 40.7 Å². The Morgan fingerprint density at radius 2 is 1.82 bits per heavy atom. The Labute approximate surface area is 332 Å². The molecule has 4 aromatic rings. The highest BCUT2D eigenvalue weighted by Crippen LogP contribution is 2.59. The van der Waals surface area contributed by atoms with E-state index in [9.17, 15) is 33.3 Å². The third kappa shape index (κ3) is 10.3. The second-order valence-electron chi connectivity index (χ2n) is 16.1. The van der Waals surface area contributed by atoms with Crippen molar-refractivity contribution in [2.75, 3.05) is 26.2 Å². The van der Waals surface area contributed by atoms with E-state index in [-0.39, 0.29) is 24.6 Å². The van der Waals surface area contributed by atoms with Gasteiger partial charge in [-0.15, -0.1) is 11.3 Å². The van der Waals surface area contributed by atoms with Gasteiger partial charge in [-0.05, 0) is 111 Å². The summed E-state index contributed by atoms with van der Waals surface area (Å²) in [5.41, 5.74) is 0.965. The van der Waals surface area contributed by atoms with Crippen LogP contribution >= 0.6 is 11.3 Å². The van der Waals surface area contributed by atoms with Gasteiger partial charge in [0.15, 0.2) is 5.78 Å². The molecule has 1 saturated carbocycles. The van der Waals surface area contributed by atoms with Crippen molar-refractivity contribution in [3.05, 3.63) is 140 Å². The van der Waals surface area contributed by atoms with E-state index in [0.717, 1.165) is 35.3 Å². The quantitative estimate of drug-likeness (QED) is 0.0926. The van der Waals surface area contributed by atoms with Gasteiger partial charge in [0, 0.05) is 41.1 Å². The Balaban J connectivity index is 1.34. The van der Waals surface area contributed by atoms with E-state index >= 15 is 0 Å². The largest absolute Gasteiger partial charge is 0.416 e. The van der Waals surface area contributed by atoms with E-state index in [1.165, 1.54) is 17.0 Å². The van der Waals surface area contributed by atoms with Crippen molar-refractivity contribution >= 4 is 17.1 Å². The van der Waals surface area contributed by atoms with Crippen molar-refractivity contribution in [3.63, 3.8) is 0 Å². The number of ketones is 1. The van der Waals surface area contributed by atoms with Crippen LogP contribution in [0.3, 0.4) is 0 Å². The minimum absolute atomic E-state index is 0.0587. The molecule has 0 unspecified atom stereocenters. The standard InChI is InChI=1S/C46H54F3NO5S/c1-32-9-7-21-44(2)42(40-18-16-34(25-37(51)17-15-32)26-41(40)43(53)35-12-6-13-36(27-35)46(47,48)49)19-22-45(44,54)31-50(23-20-39-14-8-24-56-39)28-38(52)30-55-29-33-10-4-3-5-11-33/h3-6,8-14,16,18,24,26-27,37-38,42,51-52,54H,7,15,17,19-23,25,28-31H2,1-2H3/t37-,38+,42-,44-,45+/m0/s1. The zero-order valence-electron chi connectivity index (χ0n) is 32.3. The Hall–Kier alpha value is -3.64. The molecular weight excluding hydrogens is 736 g/mol. The first kappa shape index (κ1) is 42.0. The van der Waals surface area contributed by atoms with Crippen molar-refractivity contribution in [3.8, 4) is 0 Å². The van der Waals surface area contributed by atoms with Gasteiger partial charge in [0.25, 0.3) is 0 Å². The smallest absolute Gasteiger partial charge is 0.393 e. The first-order valence-electron chi connectivity index (χ1n) is 19.7. The lowest BCUT2D eigenvalue weighted by molar-refractivity contribution is -0.137. The summed E-state index contributed by atoms with van der Waals surface area (Å²) in [6, 6.07) is 24.0. The number of thiophene rings is 1. The average Bonchev–Trinajstić information content (AvgIpc) is 3.78. The maximum Gasteiger partial charge on any atom is 0.416 e. The predicted octanol–water partition coefficient (Wildman–Crippen LogP) is 9.16. The van der Waals surface area contributed by atoms with Crippen LogP contribution in [0, 0.1) is 5.41 Å². The van der Waals surface area contributed by atoms with Gasteiger partial charge in [0.05, 0.1) is 36.6 Å². The highest BCUT2D eigenvalue weighted by molar-refractivity contribution is 7.09. The van der Waals surface area contributed by atoms with Gasteiger partial charge in [0.1, 0.15) is 0 Å². The van der Waals surface area contributed by atoms with Crippen LogP contribution in [-0.4, -0.2) is 70.1 Å². The lowest BCUT2D eigenvalue weighted by atomic mass is 9.64. The molecule has 0 aliphatic heterocycles. The molecule has 56 heavy (non-hydrogen) atoms. The predicted molar refractivity (Wildman–Crippen MR) is 215 cm³/mol. The van der Waals surface area contributed by atoms with E-state index in [4.69, 9.17) is 4.74 Å². The number of nitrogens with zero attached hydrogens (tertiary/aromatic N) is 1. The number of fused-ring (bicyclic) bond motifs is 8. The molecule has 300 valence electrons. The molecule has 3 aromatic carbocycles. The molecule has 6 nitrogen and oxygen atoms in total. The van der Waals surface area contributed by atoms with E-state index in [1.807, 2.05) is 53.9 Å². The molecule has 10 heteroatoms. The molecule has 1 fully saturated rings. The van der Waals surface area contributed by atoms with Gasteiger partial charge in [-0.25, -0.2) is 0 Å². The lowest BCUT2D eigenvalue weighted by Gasteiger charge is -2.46. The summed E-state index contributed by atoms with van der Waals surface area (Å²) < 4.78 is 47.3. The molecule has 2 bridgehead atoms. The van der Waals surface area contributed by atoms with Crippen molar-refractivity contribution in [2.24, 2.45) is 5.41 Å². The van der Waals surface area contributed by atoms with Crippen LogP contribution in [0.25, 0.3) is 0 Å². The van der Waals surface area contributed by atoms with Gasteiger partial charge in [-0.1, -0.05) is 79.2 Å². The number of aliphatic hydroxyl groups is 3. The van der Waals surface area contributed by atoms with Crippen LogP contribution in [0.4, 0.5) is 13.2 Å². The molecule has 3 aliphatic carbocycles. The summed E-state index contributed by atoms with van der Waals surface area (Å²) in [5, 5.41) is 37.3. The zero-order valence-corrected chi connectivity index (χ0v) is 33.1. The summed E-state index contributed by atoms with van der Waals surface area (Å²) in [6.07, 6.45) is 0.644. The fraction of sp³-hybridized carbons (Fsp3) is 0.457. The van der Waals surface area contributed by atoms with Gasteiger partial charge < -0.3 is 20.1 Å². The maximum absolute atomic E-state index is 14.4. The number of carbonyl (C=O) groups is 1. The van der Waals surface area contributed by atoms with Gasteiger partial charge in [-0.2, -0.15) is 13.2 Å². The monoisotopic (exact) mass is 789 g/mol. The summed E-state index contributed by atoms with van der Waals surface area (Å²) in [5.74, 6) is -0.814. The number of alkyl halides is 3. The highest BCUT2D eigenvalue weighted by Gasteiger charge is 2.57. The summed E-state index contributed by atoms with van der Waals surface area (Å²) in [7, 11) is 0. The Kier molecular flexibility index (Phi) is 13.7. The molecule has 0 spiro atoms. The molecule has 1 aromatic heterocycles. The van der Waals surface area contributed by atoms with Gasteiger partial charge >= 0.3 is 6.18 Å². The Bertz CT molecular complexity index is 1930. The van der Waals surface area contributed by atoms with E-state index in [1.54, 1.807) is 17.4 Å². The van der Waals surface area contributed by atoms with Gasteiger partial charge in [-0.3, -0.25) is 9.69 Å². The molecule has 7 rings (SSSR count). The van der Waals surface area contributed by atoms with Crippen molar-refractivity contribution in [1.29, 1.82) is 0 Å². The first-order chi connectivity index (χ1) is 26.7. The number of ether oxygens (including phenoxy) is 1. The number of aliphatic hydroxyl groups excluding tert-OH is 2. The van der Waals surface area contributed by atoms with E-state index in [2.05, 4.69) is 30.9 Å². The normalized spacial score (nSPS) is 23.8. The summed E-state index contributed by atoms with van der Waals surface area (Å²) >= 11 is 1.67. The van der Waals surface area contributed by atoms with E-state index in [0.29, 0.717) is 75.8 Å².